The monoisotopic (exact) mass is 221 g/mol. The van der Waals surface area contributed by atoms with Gasteiger partial charge in [0.2, 0.25) is 0 Å². The van der Waals surface area contributed by atoms with Crippen LogP contribution in [0.3, 0.4) is 0 Å². The van der Waals surface area contributed by atoms with Crippen molar-refractivity contribution in [2.24, 2.45) is 11.7 Å². The molecule has 0 radical (unpaired) electrons. The molecule has 0 saturated heterocycles. The van der Waals surface area contributed by atoms with Crippen molar-refractivity contribution in [3.05, 3.63) is 35.6 Å². The van der Waals surface area contributed by atoms with E-state index in [-0.39, 0.29) is 5.82 Å². The lowest BCUT2D eigenvalue weighted by Crippen LogP contribution is -2.30. The van der Waals surface area contributed by atoms with E-state index in [4.69, 9.17) is 5.73 Å². The summed E-state index contributed by atoms with van der Waals surface area (Å²) in [5, 5.41) is 0. The maximum Gasteiger partial charge on any atom is 0.123 e. The van der Waals surface area contributed by atoms with Gasteiger partial charge in [-0.25, -0.2) is 4.39 Å². The Labute approximate surface area is 96.9 Å². The minimum atomic E-state index is -0.139. The quantitative estimate of drug-likeness (QED) is 0.762. The van der Waals surface area contributed by atoms with Crippen LogP contribution in [-0.4, -0.2) is 6.04 Å². The lowest BCUT2D eigenvalue weighted by Gasteiger charge is -2.21. The molecule has 0 heterocycles. The van der Waals surface area contributed by atoms with Crippen molar-refractivity contribution in [3.63, 3.8) is 0 Å². The molecule has 2 rings (SSSR count). The van der Waals surface area contributed by atoms with Crippen LogP contribution in [0, 0.1) is 11.7 Å². The van der Waals surface area contributed by atoms with Gasteiger partial charge in [-0.3, -0.25) is 0 Å². The van der Waals surface area contributed by atoms with E-state index in [1.165, 1.54) is 31.7 Å². The van der Waals surface area contributed by atoms with Crippen molar-refractivity contribution in [3.8, 4) is 0 Å². The Morgan fingerprint density at radius 3 is 2.81 bits per heavy atom. The van der Waals surface area contributed by atoms with Gasteiger partial charge in [-0.1, -0.05) is 31.4 Å². The molecule has 1 fully saturated rings. The molecule has 2 unspecified atom stereocenters. The van der Waals surface area contributed by atoms with E-state index in [2.05, 4.69) is 0 Å². The van der Waals surface area contributed by atoms with E-state index < -0.39 is 0 Å². The molecule has 1 saturated carbocycles. The minimum Gasteiger partial charge on any atom is -0.327 e. The Morgan fingerprint density at radius 2 is 2.00 bits per heavy atom. The third-order valence-corrected chi connectivity index (χ3v) is 3.60. The standard InChI is InChI=1S/C14H20FN/c15-13-7-4-5-11(10-13)9-12-6-2-1-3-8-14(12)16/h4-5,7,10,12,14H,1-3,6,8-9,16H2. The van der Waals surface area contributed by atoms with Gasteiger partial charge < -0.3 is 5.73 Å². The normalized spacial score (nSPS) is 26.4. The van der Waals surface area contributed by atoms with Crippen molar-refractivity contribution < 1.29 is 4.39 Å². The topological polar surface area (TPSA) is 26.0 Å². The fourth-order valence-corrected chi connectivity index (χ4v) is 2.63. The predicted octanol–water partition coefficient (Wildman–Crippen LogP) is 3.28. The average molecular weight is 221 g/mol. The van der Waals surface area contributed by atoms with E-state index in [0.717, 1.165) is 18.4 Å². The number of benzene rings is 1. The smallest absolute Gasteiger partial charge is 0.123 e. The summed E-state index contributed by atoms with van der Waals surface area (Å²) in [6.07, 6.45) is 7.07. The summed E-state index contributed by atoms with van der Waals surface area (Å²) in [4.78, 5) is 0. The summed E-state index contributed by atoms with van der Waals surface area (Å²) in [7, 11) is 0. The van der Waals surface area contributed by atoms with E-state index in [0.29, 0.717) is 12.0 Å². The summed E-state index contributed by atoms with van der Waals surface area (Å²) >= 11 is 0. The molecule has 1 aliphatic carbocycles. The number of hydrogen-bond donors (Lipinski definition) is 1. The van der Waals surface area contributed by atoms with E-state index in [1.54, 1.807) is 12.1 Å². The van der Waals surface area contributed by atoms with E-state index >= 15 is 0 Å². The molecule has 2 heteroatoms. The van der Waals surface area contributed by atoms with Crippen LogP contribution in [0.1, 0.15) is 37.7 Å². The highest BCUT2D eigenvalue weighted by Gasteiger charge is 2.20. The predicted molar refractivity (Wildman–Crippen MR) is 64.7 cm³/mol. The van der Waals surface area contributed by atoms with Gasteiger partial charge in [0.25, 0.3) is 0 Å². The van der Waals surface area contributed by atoms with Crippen LogP contribution in [0.25, 0.3) is 0 Å². The van der Waals surface area contributed by atoms with Crippen molar-refractivity contribution in [1.82, 2.24) is 0 Å². The van der Waals surface area contributed by atoms with Gasteiger partial charge in [0.15, 0.2) is 0 Å². The summed E-state index contributed by atoms with van der Waals surface area (Å²) in [5.41, 5.74) is 7.26. The second-order valence-corrected chi connectivity index (χ2v) is 4.90. The van der Waals surface area contributed by atoms with Crippen LogP contribution in [0.2, 0.25) is 0 Å². The molecule has 0 aliphatic heterocycles. The summed E-state index contributed by atoms with van der Waals surface area (Å²) in [6, 6.07) is 7.22. The van der Waals surface area contributed by atoms with Crippen LogP contribution in [0.5, 0.6) is 0 Å². The third kappa shape index (κ3) is 3.05. The molecule has 2 N–H and O–H groups in total. The molecule has 1 aliphatic rings. The van der Waals surface area contributed by atoms with Gasteiger partial charge in [0.1, 0.15) is 5.82 Å². The van der Waals surface area contributed by atoms with Crippen LogP contribution >= 0.6 is 0 Å². The third-order valence-electron chi connectivity index (χ3n) is 3.60. The molecular formula is C14H20FN. The summed E-state index contributed by atoms with van der Waals surface area (Å²) in [6.45, 7) is 0. The SMILES string of the molecule is NC1CCCCCC1Cc1cccc(F)c1. The molecule has 1 aromatic rings. The Balaban J connectivity index is 2.02. The largest absolute Gasteiger partial charge is 0.327 e. The zero-order valence-electron chi connectivity index (χ0n) is 9.66. The average Bonchev–Trinajstić information content (AvgIpc) is 2.45. The number of nitrogens with two attached hydrogens (primary N) is 1. The molecule has 88 valence electrons. The Bertz CT molecular complexity index is 337. The Morgan fingerprint density at radius 1 is 1.19 bits per heavy atom. The number of hydrogen-bond acceptors (Lipinski definition) is 1. The van der Waals surface area contributed by atoms with Gasteiger partial charge in [-0.2, -0.15) is 0 Å². The molecule has 0 amide bonds. The highest BCUT2D eigenvalue weighted by Crippen LogP contribution is 2.25. The van der Waals surface area contributed by atoms with Gasteiger partial charge in [0.05, 0.1) is 0 Å². The second kappa shape index (κ2) is 5.44. The number of rotatable bonds is 2. The fraction of sp³-hybridized carbons (Fsp3) is 0.571. The molecule has 2 atom stereocenters. The Kier molecular flexibility index (Phi) is 3.94. The second-order valence-electron chi connectivity index (χ2n) is 4.90. The van der Waals surface area contributed by atoms with Crippen molar-refractivity contribution in [2.45, 2.75) is 44.6 Å². The minimum absolute atomic E-state index is 0.139. The van der Waals surface area contributed by atoms with Crippen molar-refractivity contribution >= 4 is 0 Å². The highest BCUT2D eigenvalue weighted by molar-refractivity contribution is 5.17. The Hall–Kier alpha value is -0.890. The maximum absolute atomic E-state index is 13.1. The molecule has 1 aromatic carbocycles. The highest BCUT2D eigenvalue weighted by atomic mass is 19.1. The van der Waals surface area contributed by atoms with Crippen LogP contribution < -0.4 is 5.73 Å². The first-order valence-corrected chi connectivity index (χ1v) is 6.26. The molecule has 0 spiro atoms. The van der Waals surface area contributed by atoms with E-state index in [1.807, 2.05) is 6.07 Å². The molecule has 0 bridgehead atoms. The zero-order valence-corrected chi connectivity index (χ0v) is 9.66. The first kappa shape index (κ1) is 11.6. The number of halogens is 1. The van der Waals surface area contributed by atoms with Gasteiger partial charge in [0, 0.05) is 6.04 Å². The van der Waals surface area contributed by atoms with Gasteiger partial charge in [-0.05, 0) is 42.9 Å². The molecule has 1 nitrogen and oxygen atoms in total. The lowest BCUT2D eigenvalue weighted by molar-refractivity contribution is 0.395. The first-order valence-electron chi connectivity index (χ1n) is 6.26. The molecular weight excluding hydrogens is 201 g/mol. The lowest BCUT2D eigenvalue weighted by atomic mass is 9.89. The first-order chi connectivity index (χ1) is 7.75. The van der Waals surface area contributed by atoms with Crippen molar-refractivity contribution in [2.75, 3.05) is 0 Å². The summed E-state index contributed by atoms with van der Waals surface area (Å²) in [5.74, 6) is 0.393. The zero-order chi connectivity index (χ0) is 11.4. The summed E-state index contributed by atoms with van der Waals surface area (Å²) < 4.78 is 13.1. The fourth-order valence-electron chi connectivity index (χ4n) is 2.63. The van der Waals surface area contributed by atoms with Crippen LogP contribution in [-0.2, 0) is 6.42 Å². The van der Waals surface area contributed by atoms with Crippen LogP contribution in [0.4, 0.5) is 4.39 Å². The molecule has 0 aromatic heterocycles. The van der Waals surface area contributed by atoms with Crippen LogP contribution in [0.15, 0.2) is 24.3 Å². The van der Waals surface area contributed by atoms with Gasteiger partial charge in [-0.15, -0.1) is 0 Å². The maximum atomic E-state index is 13.1. The van der Waals surface area contributed by atoms with E-state index in [9.17, 15) is 4.39 Å². The van der Waals surface area contributed by atoms with Crippen molar-refractivity contribution in [1.29, 1.82) is 0 Å². The van der Waals surface area contributed by atoms with Gasteiger partial charge >= 0.3 is 0 Å². The molecule has 16 heavy (non-hydrogen) atoms.